The maximum Gasteiger partial charge on any atom is 0.153 e. The van der Waals surface area contributed by atoms with Crippen molar-refractivity contribution in [3.05, 3.63) is 161 Å². The zero-order valence-corrected chi connectivity index (χ0v) is 39.8. The number of rotatable bonds is 24. The van der Waals surface area contributed by atoms with Crippen LogP contribution < -0.4 is 19.7 Å². The molecule has 5 nitrogen and oxygen atoms in total. The van der Waals surface area contributed by atoms with Crippen molar-refractivity contribution in [2.24, 2.45) is 17.8 Å². The molecule has 1 N–H and O–H groups in total. The highest BCUT2D eigenvalue weighted by molar-refractivity contribution is 5.82. The summed E-state index contributed by atoms with van der Waals surface area (Å²) in [5.41, 5.74) is 12.9. The summed E-state index contributed by atoms with van der Waals surface area (Å²) in [5.74, 6) is 3.08. The molecule has 0 aliphatic carbocycles. The van der Waals surface area contributed by atoms with E-state index in [2.05, 4.69) is 193 Å². The Morgan fingerprint density at radius 1 is 0.578 bits per heavy atom. The van der Waals surface area contributed by atoms with Gasteiger partial charge in [0.2, 0.25) is 0 Å². The van der Waals surface area contributed by atoms with Crippen LogP contribution in [0.2, 0.25) is 0 Å². The van der Waals surface area contributed by atoms with Crippen molar-refractivity contribution in [3.63, 3.8) is 0 Å². The molecule has 3 unspecified atom stereocenters. The van der Waals surface area contributed by atoms with Gasteiger partial charge >= 0.3 is 0 Å². The topological polar surface area (TPSA) is 50.8 Å². The molecule has 0 aliphatic heterocycles. The van der Waals surface area contributed by atoms with Crippen LogP contribution in [0.3, 0.4) is 0 Å². The van der Waals surface area contributed by atoms with Gasteiger partial charge in [-0.15, -0.1) is 0 Å². The van der Waals surface area contributed by atoms with E-state index in [1.54, 1.807) is 0 Å². The van der Waals surface area contributed by atoms with Gasteiger partial charge in [-0.3, -0.25) is 4.79 Å². The minimum atomic E-state index is -0.0135. The predicted molar refractivity (Wildman–Crippen MR) is 272 cm³/mol. The number of hydrogen-bond acceptors (Lipinski definition) is 5. The Morgan fingerprint density at radius 2 is 1.27 bits per heavy atom. The molecule has 0 heterocycles. The van der Waals surface area contributed by atoms with E-state index in [0.717, 1.165) is 75.9 Å². The minimum Gasteiger partial charge on any atom is -0.493 e. The molecule has 6 aromatic carbocycles. The number of carbonyl (C=O) groups excluding carboxylic acids is 1. The summed E-state index contributed by atoms with van der Waals surface area (Å²) >= 11 is 0. The average Bonchev–Trinajstić information content (AvgIpc) is 3.29. The number of hydrogen-bond donors (Lipinski definition) is 1. The number of ether oxygens (including phenoxy) is 2. The van der Waals surface area contributed by atoms with Crippen molar-refractivity contribution in [1.82, 2.24) is 0 Å². The lowest BCUT2D eigenvalue weighted by Gasteiger charge is -2.27. The van der Waals surface area contributed by atoms with Crippen molar-refractivity contribution >= 4 is 34.7 Å². The van der Waals surface area contributed by atoms with Crippen LogP contribution in [0.15, 0.2) is 133 Å². The molecule has 0 bridgehead atoms. The molecule has 5 heteroatoms. The number of anilines is 5. The van der Waals surface area contributed by atoms with E-state index in [1.165, 1.54) is 55.2 Å². The monoisotopic (exact) mass is 857 g/mol. The first-order valence-corrected chi connectivity index (χ1v) is 23.9. The number of para-hydroxylation sites is 1. The van der Waals surface area contributed by atoms with Crippen LogP contribution in [0, 0.1) is 31.6 Å². The Morgan fingerprint density at radius 3 is 1.94 bits per heavy atom. The lowest BCUT2D eigenvalue weighted by Crippen LogP contribution is -2.13. The van der Waals surface area contributed by atoms with E-state index in [9.17, 15) is 4.79 Å². The van der Waals surface area contributed by atoms with Crippen LogP contribution in [-0.4, -0.2) is 19.5 Å². The third-order valence-corrected chi connectivity index (χ3v) is 12.5. The summed E-state index contributed by atoms with van der Waals surface area (Å²) in [6, 6.07) is 47.2. The second kappa shape index (κ2) is 23.8. The van der Waals surface area contributed by atoms with Crippen LogP contribution in [0.1, 0.15) is 131 Å². The normalized spacial score (nSPS) is 12.7. The van der Waals surface area contributed by atoms with Crippen molar-refractivity contribution in [3.8, 4) is 22.6 Å². The highest BCUT2D eigenvalue weighted by Gasteiger charge is 2.22. The molecule has 0 saturated heterocycles. The summed E-state index contributed by atoms with van der Waals surface area (Å²) in [6.45, 7) is 19.1. The molecule has 0 amide bonds. The molecule has 64 heavy (non-hydrogen) atoms. The van der Waals surface area contributed by atoms with Gasteiger partial charge in [0.15, 0.2) is 6.29 Å². The predicted octanol–water partition coefficient (Wildman–Crippen LogP) is 17.0. The highest BCUT2D eigenvalue weighted by atomic mass is 16.5. The zero-order valence-electron chi connectivity index (χ0n) is 39.8. The van der Waals surface area contributed by atoms with Crippen molar-refractivity contribution in [2.45, 2.75) is 113 Å². The maximum atomic E-state index is 12.6. The Labute approximate surface area is 385 Å². The summed E-state index contributed by atoms with van der Waals surface area (Å²) in [4.78, 5) is 14.9. The van der Waals surface area contributed by atoms with Crippen LogP contribution >= 0.6 is 0 Å². The largest absolute Gasteiger partial charge is 0.493 e. The van der Waals surface area contributed by atoms with E-state index in [-0.39, 0.29) is 5.92 Å². The van der Waals surface area contributed by atoms with Crippen molar-refractivity contribution in [1.29, 1.82) is 0 Å². The number of carbonyl (C=O) groups is 1. The van der Waals surface area contributed by atoms with E-state index in [0.29, 0.717) is 36.4 Å². The Hall–Kier alpha value is -5.81. The van der Waals surface area contributed by atoms with Gasteiger partial charge in [0.25, 0.3) is 0 Å². The molecule has 6 aromatic rings. The van der Waals surface area contributed by atoms with E-state index in [4.69, 9.17) is 9.47 Å². The molecular weight excluding hydrogens is 785 g/mol. The number of aldehydes is 1. The van der Waals surface area contributed by atoms with Gasteiger partial charge in [0, 0.05) is 39.9 Å². The lowest BCUT2D eigenvalue weighted by molar-refractivity contribution is 0.111. The molecule has 0 aliphatic rings. The third kappa shape index (κ3) is 13.4. The van der Waals surface area contributed by atoms with Gasteiger partial charge in [-0.2, -0.15) is 0 Å². The SMILES string of the molecule is CCCCCC(C)COc1cc(C(C)c2ccc(N(c3ccccc3)c3ccc(-c4ccc(Nc5cccc(C)c5)cc4)cc3)cc2C)c(OCCC(C)CCCC(C)C)cc1C=O. The van der Waals surface area contributed by atoms with Crippen LogP contribution in [0.5, 0.6) is 11.5 Å². The third-order valence-electron chi connectivity index (χ3n) is 12.5. The number of aryl methyl sites for hydroxylation is 2. The molecule has 336 valence electrons. The minimum absolute atomic E-state index is 0.0135. The first-order valence-electron chi connectivity index (χ1n) is 23.9. The quantitative estimate of drug-likeness (QED) is 0.0485. The molecule has 0 aromatic heterocycles. The molecule has 0 saturated carbocycles. The molecule has 0 fully saturated rings. The average molecular weight is 857 g/mol. The molecular formula is C59H72N2O3. The number of unbranched alkanes of at least 4 members (excludes halogenated alkanes) is 2. The van der Waals surface area contributed by atoms with Crippen molar-refractivity contribution in [2.75, 3.05) is 23.4 Å². The van der Waals surface area contributed by atoms with Gasteiger partial charge in [-0.05, 0) is 145 Å². The fraction of sp³-hybridized carbons (Fsp3) is 0.373. The number of nitrogens with zero attached hydrogens (tertiary/aromatic N) is 1. The van der Waals surface area contributed by atoms with E-state index >= 15 is 0 Å². The zero-order chi connectivity index (χ0) is 45.4. The van der Waals surface area contributed by atoms with Crippen LogP contribution in [0.25, 0.3) is 11.1 Å². The Balaban J connectivity index is 1.26. The Kier molecular flexibility index (Phi) is 17.7. The summed E-state index contributed by atoms with van der Waals surface area (Å²) in [7, 11) is 0. The number of benzene rings is 6. The highest BCUT2D eigenvalue weighted by Crippen LogP contribution is 2.41. The van der Waals surface area contributed by atoms with Gasteiger partial charge < -0.3 is 19.7 Å². The van der Waals surface area contributed by atoms with Gasteiger partial charge in [-0.25, -0.2) is 0 Å². The maximum absolute atomic E-state index is 12.6. The summed E-state index contributed by atoms with van der Waals surface area (Å²) in [5, 5.41) is 3.52. The van der Waals surface area contributed by atoms with E-state index < -0.39 is 0 Å². The van der Waals surface area contributed by atoms with Gasteiger partial charge in [0.1, 0.15) is 11.5 Å². The van der Waals surface area contributed by atoms with Crippen LogP contribution in [-0.2, 0) is 0 Å². The second-order valence-corrected chi connectivity index (χ2v) is 18.6. The Bertz CT molecular complexity index is 2350. The molecule has 0 radical (unpaired) electrons. The summed E-state index contributed by atoms with van der Waals surface area (Å²) < 4.78 is 13.1. The molecule has 0 spiro atoms. The van der Waals surface area contributed by atoms with Gasteiger partial charge in [-0.1, -0.05) is 141 Å². The lowest BCUT2D eigenvalue weighted by atomic mass is 9.88. The standard InChI is InChI=1S/C59H72N2O3/c1-9-10-12-18-45(6)41-64-58-39-57(59(38-50(58)40-62)63-35-34-43(4)19-15-17-42(2)3)47(8)56-33-32-55(37-46(56)7)61(53-22-13-11-14-23-53)54-30-26-49(27-31-54)48-24-28-51(29-25-48)60-52-21-16-20-44(5)36-52/h11,13-14,16,20-33,36-40,42-43,45,47,60H,9-10,12,15,17-19,34-35,41H2,1-8H3. The fourth-order valence-corrected chi connectivity index (χ4v) is 8.63. The first-order chi connectivity index (χ1) is 31.0. The van der Waals surface area contributed by atoms with E-state index in [1.807, 2.05) is 6.07 Å². The molecule has 6 rings (SSSR count). The molecule has 3 atom stereocenters. The van der Waals surface area contributed by atoms with Crippen LogP contribution in [0.4, 0.5) is 28.4 Å². The second-order valence-electron chi connectivity index (χ2n) is 18.6. The smallest absolute Gasteiger partial charge is 0.153 e. The van der Waals surface area contributed by atoms with Crippen molar-refractivity contribution < 1.29 is 14.3 Å². The summed E-state index contributed by atoms with van der Waals surface area (Å²) in [6.07, 6.45) is 10.3. The first kappa shape index (κ1) is 47.7. The number of nitrogens with one attached hydrogen (secondary N) is 1. The fourth-order valence-electron chi connectivity index (χ4n) is 8.63. The van der Waals surface area contributed by atoms with Gasteiger partial charge in [0.05, 0.1) is 18.8 Å².